The summed E-state index contributed by atoms with van der Waals surface area (Å²) in [5, 5.41) is 26.8. The molecule has 3 nitrogen and oxygen atoms in total. The molecule has 0 saturated heterocycles. The first-order valence-corrected chi connectivity index (χ1v) is 23.3. The molecule has 5 saturated carbocycles. The molecule has 0 heterocycles. The first-order valence-electron chi connectivity index (χ1n) is 23.3. The van der Waals surface area contributed by atoms with Crippen molar-refractivity contribution in [3.05, 3.63) is 0 Å². The number of hydrogen-bond donors (Lipinski definition) is 3. The van der Waals surface area contributed by atoms with Gasteiger partial charge in [0.1, 0.15) is 0 Å². The zero-order chi connectivity index (χ0) is 41.2. The summed E-state index contributed by atoms with van der Waals surface area (Å²) >= 11 is 0. The molecule has 0 bridgehead atoms. The molecule has 0 aromatic rings. The molecule has 322 valence electrons. The first kappa shape index (κ1) is 61.1. The minimum Gasteiger partial charge on any atom is -0.393 e. The minimum atomic E-state index is 0.00347. The van der Waals surface area contributed by atoms with E-state index in [2.05, 4.69) is 111 Å². The van der Waals surface area contributed by atoms with Crippen LogP contribution < -0.4 is 0 Å². The van der Waals surface area contributed by atoms with E-state index in [0.29, 0.717) is 5.92 Å². The van der Waals surface area contributed by atoms with Gasteiger partial charge >= 0.3 is 0 Å². The Morgan fingerprint density at radius 1 is 0.269 bits per heavy atom. The number of rotatable bonds is 0. The molecule has 5 aliphatic carbocycles. The van der Waals surface area contributed by atoms with Crippen molar-refractivity contribution in [3.63, 3.8) is 0 Å². The maximum Gasteiger partial charge on any atom is 0.0565 e. The van der Waals surface area contributed by atoms with E-state index >= 15 is 0 Å². The topological polar surface area (TPSA) is 60.7 Å². The predicted octanol–water partition coefficient (Wildman–Crippen LogP) is 16.4. The van der Waals surface area contributed by atoms with Crippen molar-refractivity contribution in [2.45, 2.75) is 283 Å². The zero-order valence-corrected chi connectivity index (χ0v) is 39.5. The SMILES string of the molecule is C1CCCC1.C1CCCCC1.CC(C)C.CC(C)C.CC(C)C.CC(C)C.CC(C)C.CC1CCCCC1O.OC1CCCC1.OC1CCCCC1. The number of aliphatic hydroxyl groups is 3. The lowest BCUT2D eigenvalue weighted by Gasteiger charge is -2.23. The van der Waals surface area contributed by atoms with Crippen molar-refractivity contribution in [3.8, 4) is 0 Å². The highest BCUT2D eigenvalue weighted by molar-refractivity contribution is 4.69. The van der Waals surface area contributed by atoms with Crippen molar-refractivity contribution in [1.29, 1.82) is 0 Å². The van der Waals surface area contributed by atoms with E-state index < -0.39 is 0 Å². The van der Waals surface area contributed by atoms with E-state index in [0.717, 1.165) is 61.7 Å². The first-order chi connectivity index (χ1) is 24.3. The Morgan fingerprint density at radius 2 is 0.423 bits per heavy atom. The molecule has 0 radical (unpaired) electrons. The van der Waals surface area contributed by atoms with Gasteiger partial charge in [0.05, 0.1) is 18.3 Å². The predicted molar refractivity (Wildman–Crippen MR) is 241 cm³/mol. The summed E-state index contributed by atoms with van der Waals surface area (Å²) in [5.74, 6) is 4.73. The van der Waals surface area contributed by atoms with Gasteiger partial charge in [-0.15, -0.1) is 0 Å². The third kappa shape index (κ3) is 87.6. The second-order valence-corrected chi connectivity index (χ2v) is 19.6. The number of hydrogen-bond acceptors (Lipinski definition) is 3. The standard InChI is InChI=1S/C7H14O.C6H12O.C6H12.C5H10O.C5H10.5C4H10/c1-6-4-2-3-5-7(6)8;7-6-4-2-1-3-5-6;1-2-4-6-5-3-1;6-5-3-1-2-4-5;1-2-4-5-3-1;5*1-4(2)3/h6-8H,2-5H2,1H3;6-7H,1-5H2;1-6H2;5-6H,1-4H2;1-5H2;5*4H,1-3H3. The van der Waals surface area contributed by atoms with Gasteiger partial charge in [-0.25, -0.2) is 0 Å². The normalized spacial score (nSPS) is 21.0. The zero-order valence-electron chi connectivity index (χ0n) is 39.5. The molecule has 0 aliphatic heterocycles. The molecule has 0 amide bonds. The number of aliphatic hydroxyl groups excluding tert-OH is 3. The van der Waals surface area contributed by atoms with Crippen LogP contribution in [0, 0.1) is 35.5 Å². The molecule has 5 fully saturated rings. The average Bonchev–Trinajstić information content (AvgIpc) is 3.77. The molecule has 3 N–H and O–H groups in total. The van der Waals surface area contributed by atoms with E-state index in [9.17, 15) is 5.11 Å². The lowest BCUT2D eigenvalue weighted by molar-refractivity contribution is 0.0793. The van der Waals surface area contributed by atoms with E-state index in [4.69, 9.17) is 10.2 Å². The van der Waals surface area contributed by atoms with Crippen molar-refractivity contribution < 1.29 is 15.3 Å². The van der Waals surface area contributed by atoms with Gasteiger partial charge in [-0.3, -0.25) is 0 Å². The van der Waals surface area contributed by atoms with Gasteiger partial charge in [-0.05, 0) is 74.0 Å². The second kappa shape index (κ2) is 48.9. The summed E-state index contributed by atoms with van der Waals surface area (Å²) in [4.78, 5) is 0. The Balaban J connectivity index is -0.000000159. The Kier molecular flexibility index (Phi) is 57.5. The summed E-state index contributed by atoms with van der Waals surface area (Å²) in [6.07, 6.45) is 31.8. The molecule has 0 spiro atoms. The molecule has 0 aromatic heterocycles. The molecule has 2 unspecified atom stereocenters. The van der Waals surface area contributed by atoms with E-state index in [-0.39, 0.29) is 18.3 Å². The average molecular weight is 745 g/mol. The Hall–Kier alpha value is -0.120. The molecule has 2 atom stereocenters. The molecule has 52 heavy (non-hydrogen) atoms. The summed E-state index contributed by atoms with van der Waals surface area (Å²) in [7, 11) is 0. The molecular formula is C49H108O3. The van der Waals surface area contributed by atoms with Gasteiger partial charge < -0.3 is 15.3 Å². The second-order valence-electron chi connectivity index (χ2n) is 19.6. The highest BCUT2D eigenvalue weighted by atomic mass is 16.3. The minimum absolute atomic E-state index is 0.00347. The van der Waals surface area contributed by atoms with Crippen LogP contribution in [0.3, 0.4) is 0 Å². The van der Waals surface area contributed by atoms with Crippen LogP contribution in [0.2, 0.25) is 0 Å². The van der Waals surface area contributed by atoms with Crippen LogP contribution in [-0.4, -0.2) is 33.6 Å². The molecule has 5 rings (SSSR count). The lowest BCUT2D eigenvalue weighted by Crippen LogP contribution is -2.21. The van der Waals surface area contributed by atoms with E-state index in [1.54, 1.807) is 0 Å². The van der Waals surface area contributed by atoms with Crippen LogP contribution in [0.25, 0.3) is 0 Å². The fourth-order valence-corrected chi connectivity index (χ4v) is 5.23. The molecular weight excluding hydrogens is 637 g/mol. The summed E-state index contributed by atoms with van der Waals surface area (Å²) in [6.45, 7) is 34.6. The lowest BCUT2D eigenvalue weighted by atomic mass is 9.88. The molecule has 3 heteroatoms. The van der Waals surface area contributed by atoms with Crippen molar-refractivity contribution in [2.75, 3.05) is 0 Å². The third-order valence-electron chi connectivity index (χ3n) is 7.72. The Bertz CT molecular complexity index is 487. The van der Waals surface area contributed by atoms with Crippen LogP contribution in [-0.2, 0) is 0 Å². The van der Waals surface area contributed by atoms with Gasteiger partial charge in [0, 0.05) is 0 Å². The van der Waals surface area contributed by atoms with Crippen LogP contribution in [0.15, 0.2) is 0 Å². The van der Waals surface area contributed by atoms with Crippen molar-refractivity contribution in [1.82, 2.24) is 0 Å². The summed E-state index contributed by atoms with van der Waals surface area (Å²) in [6, 6.07) is 0. The monoisotopic (exact) mass is 745 g/mol. The maximum atomic E-state index is 9.18. The van der Waals surface area contributed by atoms with Crippen molar-refractivity contribution >= 4 is 0 Å². The highest BCUT2D eigenvalue weighted by Gasteiger charge is 2.17. The van der Waals surface area contributed by atoms with Crippen LogP contribution in [0.1, 0.15) is 265 Å². The molecule has 0 aromatic carbocycles. The van der Waals surface area contributed by atoms with Gasteiger partial charge in [0.15, 0.2) is 0 Å². The smallest absolute Gasteiger partial charge is 0.0565 e. The van der Waals surface area contributed by atoms with E-state index in [1.807, 2.05) is 0 Å². The Morgan fingerprint density at radius 3 is 0.558 bits per heavy atom. The van der Waals surface area contributed by atoms with Crippen LogP contribution in [0.5, 0.6) is 0 Å². The Labute approximate surface area is 333 Å². The van der Waals surface area contributed by atoms with Gasteiger partial charge in [-0.2, -0.15) is 0 Å². The van der Waals surface area contributed by atoms with Gasteiger partial charge in [0.2, 0.25) is 0 Å². The fraction of sp³-hybridized carbons (Fsp3) is 1.00. The third-order valence-corrected chi connectivity index (χ3v) is 7.72. The summed E-state index contributed by atoms with van der Waals surface area (Å²) in [5.41, 5.74) is 0. The highest BCUT2D eigenvalue weighted by Crippen LogP contribution is 2.23. The van der Waals surface area contributed by atoms with Gasteiger partial charge in [-0.1, -0.05) is 226 Å². The van der Waals surface area contributed by atoms with E-state index in [1.165, 1.54) is 122 Å². The van der Waals surface area contributed by atoms with Crippen LogP contribution >= 0.6 is 0 Å². The largest absolute Gasteiger partial charge is 0.393 e. The quantitative estimate of drug-likeness (QED) is 0.231. The summed E-state index contributed by atoms with van der Waals surface area (Å²) < 4.78 is 0. The maximum absolute atomic E-state index is 9.18. The molecule has 5 aliphatic rings. The van der Waals surface area contributed by atoms with Crippen LogP contribution in [0.4, 0.5) is 0 Å². The fourth-order valence-electron chi connectivity index (χ4n) is 5.23. The van der Waals surface area contributed by atoms with Gasteiger partial charge in [0.25, 0.3) is 0 Å². The van der Waals surface area contributed by atoms with Crippen molar-refractivity contribution in [2.24, 2.45) is 35.5 Å².